The Hall–Kier alpha value is -0.920. The number of nitrogens with zero attached hydrogens (tertiary/aromatic N) is 1. The zero-order chi connectivity index (χ0) is 14.0. The lowest BCUT2D eigenvalue weighted by Gasteiger charge is -2.16. The maximum Gasteiger partial charge on any atom is 0.446 e. The van der Waals surface area contributed by atoms with E-state index >= 15 is 0 Å². The van der Waals surface area contributed by atoms with Crippen molar-refractivity contribution in [1.82, 2.24) is 4.90 Å². The lowest BCUT2D eigenvalue weighted by molar-refractivity contribution is -0.0328. The predicted octanol–water partition coefficient (Wildman–Crippen LogP) is 2.89. The van der Waals surface area contributed by atoms with Gasteiger partial charge >= 0.3 is 5.51 Å². The van der Waals surface area contributed by atoms with Gasteiger partial charge < -0.3 is 10.6 Å². The number of hydrogen-bond donors (Lipinski definition) is 1. The summed E-state index contributed by atoms with van der Waals surface area (Å²) in [6.45, 7) is 1.09. The number of carbonyl (C=O) groups excluding carboxylic acids is 1. The topological polar surface area (TPSA) is 46.3 Å². The molecule has 2 N–H and O–H groups in total. The minimum atomic E-state index is -4.31. The third-order valence-corrected chi connectivity index (χ3v) is 3.59. The molecule has 1 atom stereocenters. The van der Waals surface area contributed by atoms with Crippen molar-refractivity contribution in [3.8, 4) is 0 Å². The molecule has 0 aliphatic carbocycles. The summed E-state index contributed by atoms with van der Waals surface area (Å²) in [5, 5.41) is 0. The van der Waals surface area contributed by atoms with Crippen molar-refractivity contribution in [1.29, 1.82) is 0 Å². The molecule has 0 aromatic heterocycles. The van der Waals surface area contributed by atoms with Gasteiger partial charge in [0.25, 0.3) is 5.91 Å². The minimum absolute atomic E-state index is 0. The van der Waals surface area contributed by atoms with Crippen LogP contribution in [0.4, 0.5) is 13.2 Å². The Balaban J connectivity index is 0.00000200. The van der Waals surface area contributed by atoms with E-state index in [1.54, 1.807) is 4.90 Å². The number of hydrogen-bond acceptors (Lipinski definition) is 3. The van der Waals surface area contributed by atoms with Crippen LogP contribution >= 0.6 is 24.2 Å². The Labute approximate surface area is 125 Å². The molecule has 0 radical (unpaired) electrons. The third-order valence-electron chi connectivity index (χ3n) is 2.85. The van der Waals surface area contributed by atoms with Crippen molar-refractivity contribution < 1.29 is 18.0 Å². The average Bonchev–Trinajstić information content (AvgIpc) is 2.74. The van der Waals surface area contributed by atoms with Gasteiger partial charge in [-0.15, -0.1) is 12.4 Å². The molecule has 0 spiro atoms. The highest BCUT2D eigenvalue weighted by Gasteiger charge is 2.29. The number of benzene rings is 1. The number of carbonyl (C=O) groups is 1. The first-order valence-corrected chi connectivity index (χ1v) is 6.57. The summed E-state index contributed by atoms with van der Waals surface area (Å²) in [6.07, 6.45) is 0.758. The van der Waals surface area contributed by atoms with Crippen LogP contribution in [0.1, 0.15) is 16.8 Å². The Bertz CT molecular complexity index is 467. The molecule has 1 saturated heterocycles. The number of thioether (sulfide) groups is 1. The number of alkyl halides is 3. The van der Waals surface area contributed by atoms with Crippen LogP contribution in [0, 0.1) is 0 Å². The van der Waals surface area contributed by atoms with Crippen LogP contribution in [0.3, 0.4) is 0 Å². The van der Waals surface area contributed by atoms with Gasteiger partial charge in [0, 0.05) is 29.6 Å². The molecule has 0 bridgehead atoms. The minimum Gasteiger partial charge on any atom is -0.337 e. The SMILES string of the molecule is Cl.N[C@@H]1CCN(C(=O)c2ccc(SC(F)(F)F)cc2)C1. The third kappa shape index (κ3) is 4.57. The molecule has 3 nitrogen and oxygen atoms in total. The van der Waals surface area contributed by atoms with Gasteiger partial charge in [0.15, 0.2) is 0 Å². The Morgan fingerprint density at radius 2 is 1.90 bits per heavy atom. The molecule has 2 rings (SSSR count). The van der Waals surface area contributed by atoms with Gasteiger partial charge in [0.2, 0.25) is 0 Å². The van der Waals surface area contributed by atoms with Gasteiger partial charge in [-0.2, -0.15) is 13.2 Å². The molecular weight excluding hydrogens is 313 g/mol. The van der Waals surface area contributed by atoms with Crippen LogP contribution < -0.4 is 5.73 Å². The number of nitrogens with two attached hydrogens (primary N) is 1. The van der Waals surface area contributed by atoms with Crippen LogP contribution in [0.15, 0.2) is 29.2 Å². The van der Waals surface area contributed by atoms with E-state index in [0.29, 0.717) is 18.7 Å². The molecule has 1 aliphatic heterocycles. The molecule has 1 amide bonds. The summed E-state index contributed by atoms with van der Waals surface area (Å²) < 4.78 is 36.5. The second-order valence-corrected chi connectivity index (χ2v) is 5.51. The Morgan fingerprint density at radius 1 is 1.30 bits per heavy atom. The number of halogens is 4. The van der Waals surface area contributed by atoms with Crippen LogP contribution in [0.2, 0.25) is 0 Å². The molecule has 1 fully saturated rings. The maximum absolute atomic E-state index is 12.2. The molecule has 20 heavy (non-hydrogen) atoms. The zero-order valence-corrected chi connectivity index (χ0v) is 12.0. The van der Waals surface area contributed by atoms with E-state index in [0.717, 1.165) is 6.42 Å². The van der Waals surface area contributed by atoms with E-state index < -0.39 is 5.51 Å². The fourth-order valence-corrected chi connectivity index (χ4v) is 2.49. The van der Waals surface area contributed by atoms with Gasteiger partial charge in [0.05, 0.1) is 0 Å². The molecule has 1 aromatic rings. The van der Waals surface area contributed by atoms with Crippen LogP contribution in [0.25, 0.3) is 0 Å². The molecule has 1 aliphatic rings. The van der Waals surface area contributed by atoms with Crippen LogP contribution in [-0.4, -0.2) is 35.4 Å². The van der Waals surface area contributed by atoms with E-state index in [4.69, 9.17) is 5.73 Å². The predicted molar refractivity (Wildman–Crippen MR) is 74.1 cm³/mol. The second-order valence-electron chi connectivity index (χ2n) is 4.37. The van der Waals surface area contributed by atoms with Crippen molar-refractivity contribution in [2.24, 2.45) is 5.73 Å². The summed E-state index contributed by atoms with van der Waals surface area (Å²) in [4.78, 5) is 13.7. The molecule has 112 valence electrons. The first-order valence-electron chi connectivity index (χ1n) is 5.76. The number of likely N-dealkylation sites (tertiary alicyclic amines) is 1. The summed E-state index contributed by atoms with van der Waals surface area (Å²) in [5.41, 5.74) is 1.79. The van der Waals surface area contributed by atoms with Crippen LogP contribution in [0.5, 0.6) is 0 Å². The van der Waals surface area contributed by atoms with Crippen LogP contribution in [-0.2, 0) is 0 Å². The van der Waals surface area contributed by atoms with E-state index in [2.05, 4.69) is 0 Å². The smallest absolute Gasteiger partial charge is 0.337 e. The van der Waals surface area contributed by atoms with Crippen molar-refractivity contribution >= 4 is 30.1 Å². The largest absolute Gasteiger partial charge is 0.446 e. The fraction of sp³-hybridized carbons (Fsp3) is 0.417. The normalized spacial score (nSPS) is 18.8. The van der Waals surface area contributed by atoms with Gasteiger partial charge in [-0.1, -0.05) is 0 Å². The van der Waals surface area contributed by atoms with Crippen molar-refractivity contribution in [2.45, 2.75) is 22.9 Å². The molecule has 0 unspecified atom stereocenters. The standard InChI is InChI=1S/C12H13F3N2OS.ClH/c13-12(14,15)19-10-3-1-8(2-4-10)11(18)17-6-5-9(16)7-17;/h1-4,9H,5-7,16H2;1H/t9-;/m1./s1. The quantitative estimate of drug-likeness (QED) is 0.850. The summed E-state index contributed by atoms with van der Waals surface area (Å²) in [5.74, 6) is -0.184. The van der Waals surface area contributed by atoms with Crippen molar-refractivity contribution in [2.75, 3.05) is 13.1 Å². The maximum atomic E-state index is 12.2. The fourth-order valence-electron chi connectivity index (χ4n) is 1.95. The lowest BCUT2D eigenvalue weighted by Crippen LogP contribution is -2.31. The van der Waals surface area contributed by atoms with Crippen molar-refractivity contribution in [3.05, 3.63) is 29.8 Å². The van der Waals surface area contributed by atoms with Crippen molar-refractivity contribution in [3.63, 3.8) is 0 Å². The lowest BCUT2D eigenvalue weighted by atomic mass is 10.2. The highest BCUT2D eigenvalue weighted by atomic mass is 35.5. The van der Waals surface area contributed by atoms with Gasteiger partial charge in [0.1, 0.15) is 0 Å². The highest BCUT2D eigenvalue weighted by Crippen LogP contribution is 2.36. The molecular formula is C12H14ClF3N2OS. The average molecular weight is 327 g/mol. The number of rotatable bonds is 2. The molecule has 0 saturated carbocycles. The Morgan fingerprint density at radius 3 is 2.35 bits per heavy atom. The summed E-state index contributed by atoms with van der Waals surface area (Å²) in [6, 6.07) is 5.44. The van der Waals surface area contributed by atoms with E-state index in [-0.39, 0.29) is 41.0 Å². The molecule has 1 heterocycles. The molecule has 1 aromatic carbocycles. The summed E-state index contributed by atoms with van der Waals surface area (Å²) in [7, 11) is 0. The van der Waals surface area contributed by atoms with Gasteiger partial charge in [-0.3, -0.25) is 4.79 Å². The van der Waals surface area contributed by atoms with E-state index in [1.807, 2.05) is 0 Å². The highest BCUT2D eigenvalue weighted by molar-refractivity contribution is 8.00. The van der Waals surface area contributed by atoms with E-state index in [9.17, 15) is 18.0 Å². The number of amides is 1. The first-order chi connectivity index (χ1) is 8.85. The molecule has 8 heteroatoms. The van der Waals surface area contributed by atoms with Gasteiger partial charge in [-0.05, 0) is 42.4 Å². The van der Waals surface area contributed by atoms with Gasteiger partial charge in [-0.25, -0.2) is 0 Å². The monoisotopic (exact) mass is 326 g/mol. The second kappa shape index (κ2) is 6.69. The Kier molecular flexibility index (Phi) is 5.73. The van der Waals surface area contributed by atoms with E-state index in [1.165, 1.54) is 24.3 Å². The zero-order valence-electron chi connectivity index (χ0n) is 10.4. The first kappa shape index (κ1) is 17.1. The summed E-state index contributed by atoms with van der Waals surface area (Å²) >= 11 is -0.191.